The van der Waals surface area contributed by atoms with E-state index in [1.165, 1.54) is 19.2 Å². The van der Waals surface area contributed by atoms with Gasteiger partial charge in [0.2, 0.25) is 0 Å². The molecule has 0 spiro atoms. The van der Waals surface area contributed by atoms with E-state index in [2.05, 4.69) is 4.90 Å². The van der Waals surface area contributed by atoms with Gasteiger partial charge >= 0.3 is 0 Å². The Labute approximate surface area is 197 Å². The lowest BCUT2D eigenvalue weighted by molar-refractivity contribution is 0.0597. The molecule has 1 heterocycles. The maximum absolute atomic E-state index is 14.1. The number of carbonyl (C=O) groups excluding carboxylic acids is 1. The minimum absolute atomic E-state index is 0.0141. The third-order valence-corrected chi connectivity index (χ3v) is 6.24. The molecular formula is C25H23Cl2FN2O2. The van der Waals surface area contributed by atoms with Crippen molar-refractivity contribution in [1.29, 1.82) is 0 Å². The van der Waals surface area contributed by atoms with Gasteiger partial charge < -0.3 is 9.64 Å². The zero-order chi connectivity index (χ0) is 22.7. The lowest BCUT2D eigenvalue weighted by atomic mass is 9.96. The number of ether oxygens (including phenoxy) is 1. The zero-order valence-electron chi connectivity index (χ0n) is 17.6. The molecule has 0 saturated carbocycles. The molecule has 1 saturated heterocycles. The zero-order valence-corrected chi connectivity index (χ0v) is 19.1. The largest absolute Gasteiger partial charge is 0.494 e. The Kier molecular flexibility index (Phi) is 6.99. The van der Waals surface area contributed by atoms with Crippen LogP contribution in [0.3, 0.4) is 0 Å². The molecule has 1 aliphatic heterocycles. The van der Waals surface area contributed by atoms with Crippen molar-refractivity contribution in [3.63, 3.8) is 0 Å². The first-order chi connectivity index (χ1) is 15.5. The molecule has 4 nitrogen and oxygen atoms in total. The molecule has 0 aromatic heterocycles. The van der Waals surface area contributed by atoms with Crippen LogP contribution in [0, 0.1) is 5.82 Å². The van der Waals surface area contributed by atoms with E-state index in [-0.39, 0.29) is 17.7 Å². The molecule has 32 heavy (non-hydrogen) atoms. The van der Waals surface area contributed by atoms with Gasteiger partial charge in [-0.15, -0.1) is 0 Å². The number of halogens is 3. The van der Waals surface area contributed by atoms with Crippen molar-refractivity contribution in [2.45, 2.75) is 6.04 Å². The average Bonchev–Trinajstić information content (AvgIpc) is 2.81. The van der Waals surface area contributed by atoms with Crippen LogP contribution in [0.2, 0.25) is 10.0 Å². The number of carbonyl (C=O) groups is 1. The Morgan fingerprint density at radius 2 is 1.41 bits per heavy atom. The first kappa shape index (κ1) is 22.6. The highest BCUT2D eigenvalue weighted by Crippen LogP contribution is 2.31. The Morgan fingerprint density at radius 3 is 1.88 bits per heavy atom. The van der Waals surface area contributed by atoms with Crippen LogP contribution in [0.25, 0.3) is 0 Å². The Bertz CT molecular complexity index is 1040. The normalized spacial score (nSPS) is 14.6. The van der Waals surface area contributed by atoms with Crippen molar-refractivity contribution < 1.29 is 13.9 Å². The van der Waals surface area contributed by atoms with E-state index in [1.54, 1.807) is 11.0 Å². The SMILES string of the molecule is COc1ccc(C(=O)N2CCN(C(c3ccc(Cl)cc3)c3ccc(Cl)cc3)CC2)cc1F. The van der Waals surface area contributed by atoms with Crippen LogP contribution in [0.4, 0.5) is 4.39 Å². The number of amides is 1. The lowest BCUT2D eigenvalue weighted by Crippen LogP contribution is -2.49. The second-order valence-electron chi connectivity index (χ2n) is 7.68. The summed E-state index contributed by atoms with van der Waals surface area (Å²) in [5, 5.41) is 1.37. The smallest absolute Gasteiger partial charge is 0.254 e. The Hall–Kier alpha value is -2.60. The summed E-state index contributed by atoms with van der Waals surface area (Å²) in [6, 6.07) is 20.0. The topological polar surface area (TPSA) is 32.8 Å². The Balaban J connectivity index is 1.52. The molecule has 0 radical (unpaired) electrons. The molecule has 166 valence electrons. The summed E-state index contributed by atoms with van der Waals surface area (Å²) < 4.78 is 19.0. The minimum atomic E-state index is -0.539. The van der Waals surface area contributed by atoms with E-state index in [9.17, 15) is 9.18 Å². The van der Waals surface area contributed by atoms with Gasteiger partial charge in [0.05, 0.1) is 13.2 Å². The fraction of sp³-hybridized carbons (Fsp3) is 0.240. The van der Waals surface area contributed by atoms with E-state index >= 15 is 0 Å². The second-order valence-corrected chi connectivity index (χ2v) is 8.56. The molecule has 3 aromatic rings. The summed E-state index contributed by atoms with van der Waals surface area (Å²) in [5.74, 6) is -0.594. The minimum Gasteiger partial charge on any atom is -0.494 e. The molecular weight excluding hydrogens is 450 g/mol. The monoisotopic (exact) mass is 472 g/mol. The summed E-state index contributed by atoms with van der Waals surface area (Å²) in [7, 11) is 1.40. The molecule has 1 aliphatic rings. The first-order valence-electron chi connectivity index (χ1n) is 10.3. The van der Waals surface area contributed by atoms with Crippen LogP contribution in [0.15, 0.2) is 66.7 Å². The summed E-state index contributed by atoms with van der Waals surface area (Å²) in [6.45, 7) is 2.45. The summed E-state index contributed by atoms with van der Waals surface area (Å²) >= 11 is 12.2. The number of hydrogen-bond acceptors (Lipinski definition) is 3. The predicted octanol–water partition coefficient (Wildman–Crippen LogP) is 5.69. The van der Waals surface area contributed by atoms with Crippen molar-refractivity contribution in [3.8, 4) is 5.75 Å². The number of nitrogens with zero attached hydrogens (tertiary/aromatic N) is 2. The molecule has 0 N–H and O–H groups in total. The molecule has 1 amide bonds. The van der Waals surface area contributed by atoms with Gasteiger partial charge in [0.1, 0.15) is 0 Å². The fourth-order valence-corrected chi connectivity index (χ4v) is 4.32. The predicted molar refractivity (Wildman–Crippen MR) is 125 cm³/mol. The second kappa shape index (κ2) is 9.90. The van der Waals surface area contributed by atoms with Gasteiger partial charge in [-0.3, -0.25) is 9.69 Å². The number of rotatable bonds is 5. The number of piperazine rings is 1. The van der Waals surface area contributed by atoms with Gasteiger partial charge in [0.15, 0.2) is 11.6 Å². The van der Waals surface area contributed by atoms with Gasteiger partial charge in [0.25, 0.3) is 5.91 Å². The first-order valence-corrected chi connectivity index (χ1v) is 11.1. The standard InChI is InChI=1S/C25H23Cl2FN2O2/c1-32-23-11-6-19(16-22(23)28)25(31)30-14-12-29(13-15-30)24(17-2-7-20(26)8-3-17)18-4-9-21(27)10-5-18/h2-11,16,24H,12-15H2,1H3. The van der Waals surface area contributed by atoms with Crippen LogP contribution >= 0.6 is 23.2 Å². The van der Waals surface area contributed by atoms with Crippen molar-refractivity contribution in [1.82, 2.24) is 9.80 Å². The van der Waals surface area contributed by atoms with E-state index in [4.69, 9.17) is 27.9 Å². The van der Waals surface area contributed by atoms with E-state index in [0.717, 1.165) is 11.1 Å². The van der Waals surface area contributed by atoms with E-state index in [0.29, 0.717) is 41.8 Å². The van der Waals surface area contributed by atoms with Gasteiger partial charge in [-0.25, -0.2) is 4.39 Å². The maximum atomic E-state index is 14.1. The van der Waals surface area contributed by atoms with E-state index < -0.39 is 5.82 Å². The molecule has 0 aliphatic carbocycles. The third-order valence-electron chi connectivity index (χ3n) is 5.74. The van der Waals surface area contributed by atoms with Crippen molar-refractivity contribution in [3.05, 3.63) is 99.3 Å². The average molecular weight is 473 g/mol. The van der Waals surface area contributed by atoms with Crippen LogP contribution in [0.5, 0.6) is 5.75 Å². The summed E-state index contributed by atoms with van der Waals surface area (Å²) in [5.41, 5.74) is 2.56. The van der Waals surface area contributed by atoms with Crippen LogP contribution < -0.4 is 4.74 Å². The summed E-state index contributed by atoms with van der Waals surface area (Å²) in [4.78, 5) is 17.0. The molecule has 3 aromatic carbocycles. The highest BCUT2D eigenvalue weighted by molar-refractivity contribution is 6.30. The van der Waals surface area contributed by atoms with Crippen LogP contribution in [-0.2, 0) is 0 Å². The molecule has 7 heteroatoms. The van der Waals surface area contributed by atoms with Crippen molar-refractivity contribution >= 4 is 29.1 Å². The molecule has 0 atom stereocenters. The van der Waals surface area contributed by atoms with Crippen molar-refractivity contribution in [2.75, 3.05) is 33.3 Å². The number of hydrogen-bond donors (Lipinski definition) is 0. The quantitative estimate of drug-likeness (QED) is 0.478. The lowest BCUT2D eigenvalue weighted by Gasteiger charge is -2.40. The van der Waals surface area contributed by atoms with Crippen molar-refractivity contribution in [2.24, 2.45) is 0 Å². The Morgan fingerprint density at radius 1 is 0.875 bits per heavy atom. The van der Waals surface area contributed by atoms with Crippen LogP contribution in [-0.4, -0.2) is 49.0 Å². The highest BCUT2D eigenvalue weighted by atomic mass is 35.5. The van der Waals surface area contributed by atoms with Crippen LogP contribution in [0.1, 0.15) is 27.5 Å². The summed E-state index contributed by atoms with van der Waals surface area (Å²) in [6.07, 6.45) is 0. The van der Waals surface area contributed by atoms with Gasteiger partial charge in [0, 0.05) is 41.8 Å². The molecule has 0 bridgehead atoms. The fourth-order valence-electron chi connectivity index (χ4n) is 4.07. The number of methoxy groups -OCH3 is 1. The van der Waals surface area contributed by atoms with Gasteiger partial charge in [-0.05, 0) is 53.6 Å². The maximum Gasteiger partial charge on any atom is 0.254 e. The van der Waals surface area contributed by atoms with Gasteiger partial charge in [-0.2, -0.15) is 0 Å². The highest BCUT2D eigenvalue weighted by Gasteiger charge is 2.29. The number of benzene rings is 3. The molecule has 1 fully saturated rings. The third kappa shape index (κ3) is 4.90. The van der Waals surface area contributed by atoms with E-state index in [1.807, 2.05) is 48.5 Å². The molecule has 4 rings (SSSR count). The molecule has 0 unspecified atom stereocenters. The van der Waals surface area contributed by atoms with Gasteiger partial charge in [-0.1, -0.05) is 47.5 Å².